The van der Waals surface area contributed by atoms with Crippen LogP contribution in [0.1, 0.15) is 20.8 Å². The van der Waals surface area contributed by atoms with E-state index in [0.717, 1.165) is 13.8 Å². The second kappa shape index (κ2) is 13.7. The Kier molecular flexibility index (Phi) is 11.5. The molecule has 42 heavy (non-hydrogen) atoms. The maximum atomic E-state index is 12.8. The third-order valence-corrected chi connectivity index (χ3v) is 8.41. The molecule has 0 aliphatic carbocycles. The lowest BCUT2D eigenvalue weighted by atomic mass is 10.1. The van der Waals surface area contributed by atoms with Gasteiger partial charge in [-0.1, -0.05) is 5.22 Å². The molecule has 2 aliphatic rings. The first-order chi connectivity index (χ1) is 19.2. The van der Waals surface area contributed by atoms with Gasteiger partial charge in [0.05, 0.1) is 13.2 Å². The number of phosphoric acid groups is 3. The maximum Gasteiger partial charge on any atom is 0.490 e. The van der Waals surface area contributed by atoms with Crippen LogP contribution in [0.15, 0.2) is 10.3 Å². The predicted molar refractivity (Wildman–Crippen MR) is 122 cm³/mol. The van der Waals surface area contributed by atoms with Crippen molar-refractivity contribution in [2.45, 2.75) is 51.4 Å². The number of hydrogen-bond donors (Lipinski definition) is 4. The van der Waals surface area contributed by atoms with Crippen LogP contribution in [0.5, 0.6) is 0 Å². The number of ketones is 2. The Bertz CT molecular complexity index is 1310. The normalized spacial score (nSPS) is 27.1. The lowest BCUT2D eigenvalue weighted by Crippen LogP contribution is -2.54. The van der Waals surface area contributed by atoms with E-state index in [1.54, 1.807) is 0 Å². The predicted octanol–water partition coefficient (Wildman–Crippen LogP) is -1.80. The van der Waals surface area contributed by atoms with Crippen LogP contribution in [-0.4, -0.2) is 104 Å². The molecule has 7 atom stereocenters. The summed E-state index contributed by atoms with van der Waals surface area (Å²) in [7, 11) is -17.4. The number of rotatable bonds is 13. The average molecular weight is 669 g/mol. The van der Waals surface area contributed by atoms with E-state index in [4.69, 9.17) is 24.0 Å². The quantitative estimate of drug-likeness (QED) is 0.0552. The third-order valence-electron chi connectivity index (χ3n) is 4.60. The van der Waals surface area contributed by atoms with Gasteiger partial charge in [-0.2, -0.15) is 13.6 Å². The van der Waals surface area contributed by atoms with E-state index in [-0.39, 0.29) is 11.6 Å². The monoisotopic (exact) mass is 669 g/mol. The zero-order chi connectivity index (χ0) is 32.2. The average Bonchev–Trinajstić information content (AvgIpc) is 3.12. The maximum absolute atomic E-state index is 12.8. The van der Waals surface area contributed by atoms with Crippen LogP contribution in [0, 0.1) is 0 Å². The second-order valence-electron chi connectivity index (χ2n) is 7.81. The third kappa shape index (κ3) is 9.61. The summed E-state index contributed by atoms with van der Waals surface area (Å²) in [6, 6.07) is -2.23. The highest BCUT2D eigenvalue weighted by atomic mass is 31.3. The number of carbonyl (C=O) groups excluding carboxylic acids is 6. The number of carbonyl (C=O) groups is 6. The zero-order valence-electron chi connectivity index (χ0n) is 21.3. The minimum absolute atomic E-state index is 0.145. The van der Waals surface area contributed by atoms with Crippen LogP contribution < -0.4 is 0 Å². The van der Waals surface area contributed by atoms with Crippen molar-refractivity contribution in [1.82, 2.24) is 5.01 Å². The van der Waals surface area contributed by atoms with Crippen molar-refractivity contribution >= 4 is 58.8 Å². The number of hydrogen-bond acceptors (Lipinski definition) is 18. The molecule has 0 radical (unpaired) electrons. The molecule has 1 fully saturated rings. The zero-order valence-corrected chi connectivity index (χ0v) is 24.0. The summed E-state index contributed by atoms with van der Waals surface area (Å²) in [6.07, 6.45) is -7.52. The van der Waals surface area contributed by atoms with Gasteiger partial charge in [-0.3, -0.25) is 28.5 Å². The fourth-order valence-corrected chi connectivity index (χ4v) is 6.27. The molecule has 7 unspecified atom stereocenters. The first kappa shape index (κ1) is 35.4. The largest absolute Gasteiger partial charge is 0.490 e. The highest BCUT2D eigenvalue weighted by Crippen LogP contribution is 2.66. The van der Waals surface area contributed by atoms with Gasteiger partial charge >= 0.3 is 47.3 Å². The summed E-state index contributed by atoms with van der Waals surface area (Å²) in [4.78, 5) is 109. The summed E-state index contributed by atoms with van der Waals surface area (Å²) in [5, 5.41) is 6.80. The van der Waals surface area contributed by atoms with Crippen LogP contribution in [-0.2, 0) is 74.6 Å². The van der Waals surface area contributed by atoms with E-state index in [1.807, 2.05) is 0 Å². The van der Waals surface area contributed by atoms with Crippen LogP contribution in [0.4, 0.5) is 0 Å². The van der Waals surface area contributed by atoms with E-state index < -0.39 is 96.0 Å². The first-order valence-corrected chi connectivity index (χ1v) is 15.5. The summed E-state index contributed by atoms with van der Waals surface area (Å²) < 4.78 is 65.9. The highest BCUT2D eigenvalue weighted by molar-refractivity contribution is 7.66. The summed E-state index contributed by atoms with van der Waals surface area (Å²) in [5.41, 5.74) is 0. The Morgan fingerprint density at radius 1 is 0.929 bits per heavy atom. The first-order valence-electron chi connectivity index (χ1n) is 11.0. The highest BCUT2D eigenvalue weighted by Gasteiger charge is 2.56. The molecule has 26 heteroatoms. The fourth-order valence-electron chi connectivity index (χ4n) is 3.24. The van der Waals surface area contributed by atoms with E-state index in [2.05, 4.69) is 28.2 Å². The molecule has 0 bridgehead atoms. The molecule has 2 heterocycles. The molecule has 0 aromatic rings. The smallest absolute Gasteiger partial charge is 0.460 e. The lowest BCUT2D eigenvalue weighted by molar-refractivity contribution is -0.175. The molecular weight excluding hydrogens is 647 g/mol. The molecule has 0 aromatic carbocycles. The van der Waals surface area contributed by atoms with Gasteiger partial charge in [0.2, 0.25) is 6.04 Å². The SMILES string of the molecule is CCOC(=O)C(=O)C1N=NN(C2OC(COP(=O)(O)OP(=O)(O)OP(=O)(O)O)C(OC(C)=O)C2OC(C)=O)C(=O)C1=O. The topological polar surface area (TPSA) is 327 Å². The number of Topliss-reactive ketones (excluding diaryl/α,β-unsaturated/α-hetero) is 2. The number of ether oxygens (including phenoxy) is 4. The van der Waals surface area contributed by atoms with Crippen LogP contribution in [0.2, 0.25) is 0 Å². The Morgan fingerprint density at radius 3 is 2.02 bits per heavy atom. The Balaban J connectivity index is 2.36. The van der Waals surface area contributed by atoms with E-state index in [9.17, 15) is 52.2 Å². The molecule has 2 rings (SSSR count). The fraction of sp³-hybridized carbons (Fsp3) is 0.625. The van der Waals surface area contributed by atoms with Crippen LogP contribution in [0.25, 0.3) is 0 Å². The minimum atomic E-state index is -5.92. The molecule has 0 spiro atoms. The van der Waals surface area contributed by atoms with Crippen molar-refractivity contribution in [2.24, 2.45) is 10.3 Å². The van der Waals surface area contributed by atoms with Gasteiger partial charge in [0.25, 0.3) is 11.6 Å². The van der Waals surface area contributed by atoms with Crippen molar-refractivity contribution in [1.29, 1.82) is 0 Å². The van der Waals surface area contributed by atoms with Crippen molar-refractivity contribution < 1.29 is 94.1 Å². The van der Waals surface area contributed by atoms with Crippen molar-refractivity contribution in [3.05, 3.63) is 0 Å². The summed E-state index contributed by atoms with van der Waals surface area (Å²) in [6.45, 7) is 1.57. The molecule has 1 amide bonds. The summed E-state index contributed by atoms with van der Waals surface area (Å²) >= 11 is 0. The molecule has 236 valence electrons. The van der Waals surface area contributed by atoms with E-state index in [0.29, 0.717) is 0 Å². The van der Waals surface area contributed by atoms with E-state index >= 15 is 0 Å². The van der Waals surface area contributed by atoms with Gasteiger partial charge < -0.3 is 38.5 Å². The van der Waals surface area contributed by atoms with Crippen molar-refractivity contribution in [3.63, 3.8) is 0 Å². The molecule has 23 nitrogen and oxygen atoms in total. The minimum Gasteiger partial charge on any atom is -0.460 e. The van der Waals surface area contributed by atoms with Gasteiger partial charge in [-0.15, -0.1) is 5.11 Å². The number of esters is 3. The molecule has 1 saturated heterocycles. The lowest BCUT2D eigenvalue weighted by Gasteiger charge is -2.29. The number of phosphoric ester groups is 1. The Morgan fingerprint density at radius 2 is 1.50 bits per heavy atom. The standard InChI is InChI=1S/C16H22N3O20P3/c1-4-33-16(25)11(23)9-10(22)14(24)19(18-17-9)15-13(36-7(3)21)12(35-6(2)20)8(37-15)5-34-41(29,30)39-42(31,32)38-40(26,27)28/h8-9,12-13,15H,4-5H2,1-3H3,(H,29,30)(H,31,32)(H2,26,27,28). The number of nitrogens with zero attached hydrogens (tertiary/aromatic N) is 3. The van der Waals surface area contributed by atoms with E-state index in [1.165, 1.54) is 6.92 Å². The van der Waals surface area contributed by atoms with Gasteiger partial charge in [-0.25, -0.2) is 18.5 Å². The van der Waals surface area contributed by atoms with Gasteiger partial charge in [-0.05, 0) is 6.92 Å². The Hall–Kier alpha value is -2.81. The van der Waals surface area contributed by atoms with Crippen molar-refractivity contribution in [3.8, 4) is 0 Å². The Labute approximate surface area is 233 Å². The molecule has 4 N–H and O–H groups in total. The van der Waals surface area contributed by atoms with Gasteiger partial charge in [0, 0.05) is 13.8 Å². The summed E-state index contributed by atoms with van der Waals surface area (Å²) in [5.74, 6) is -8.42. The van der Waals surface area contributed by atoms with Gasteiger partial charge in [0.1, 0.15) is 6.10 Å². The molecular formula is C16H22N3O20P3. The number of amides is 1. The van der Waals surface area contributed by atoms with Crippen LogP contribution in [0.3, 0.4) is 0 Å². The van der Waals surface area contributed by atoms with Gasteiger partial charge in [0.15, 0.2) is 18.4 Å². The van der Waals surface area contributed by atoms with Crippen molar-refractivity contribution in [2.75, 3.05) is 13.2 Å². The molecule has 0 aromatic heterocycles. The second-order valence-corrected chi connectivity index (χ2v) is 12.2. The van der Waals surface area contributed by atoms with Crippen LogP contribution >= 0.6 is 23.5 Å². The molecule has 0 saturated carbocycles. The molecule has 2 aliphatic heterocycles.